The minimum absolute atomic E-state index is 0. The highest BCUT2D eigenvalue weighted by molar-refractivity contribution is 7.99. The Hall–Kier alpha value is -0.890. The summed E-state index contributed by atoms with van der Waals surface area (Å²) < 4.78 is 4.77. The highest BCUT2D eigenvalue weighted by Crippen LogP contribution is 2.22. The van der Waals surface area contributed by atoms with Crippen molar-refractivity contribution in [2.75, 3.05) is 31.4 Å². The second-order valence-electron chi connectivity index (χ2n) is 5.60. The molecule has 0 radical (unpaired) electrons. The normalized spacial score (nSPS) is 17.9. The Balaban J connectivity index is 0.00000312. The van der Waals surface area contributed by atoms with Crippen LogP contribution in [0.1, 0.15) is 24.4 Å². The first-order valence-electron chi connectivity index (χ1n) is 7.93. The van der Waals surface area contributed by atoms with Gasteiger partial charge < -0.3 is 15.4 Å². The molecule has 0 bridgehead atoms. The number of thioether (sulfide) groups is 2. The summed E-state index contributed by atoms with van der Waals surface area (Å²) in [7, 11) is 1.36. The average molecular weight is 405 g/mol. The van der Waals surface area contributed by atoms with E-state index < -0.39 is 0 Å². The number of benzene rings is 1. The first-order chi connectivity index (χ1) is 11.6. The van der Waals surface area contributed by atoms with Crippen LogP contribution < -0.4 is 10.6 Å². The summed E-state index contributed by atoms with van der Waals surface area (Å²) in [5.74, 6) is 1.65. The van der Waals surface area contributed by atoms with Gasteiger partial charge in [0.1, 0.15) is 0 Å². The summed E-state index contributed by atoms with van der Waals surface area (Å²) in [6, 6.07) is 7.73. The van der Waals surface area contributed by atoms with E-state index in [1.54, 1.807) is 11.8 Å². The van der Waals surface area contributed by atoms with Crippen LogP contribution in [0.25, 0.3) is 0 Å². The first-order valence-corrected chi connectivity index (χ1v) is 10.3. The molecule has 1 saturated heterocycles. The van der Waals surface area contributed by atoms with Crippen LogP contribution in [0.4, 0.5) is 0 Å². The third-order valence-corrected chi connectivity index (χ3v) is 5.76. The summed E-state index contributed by atoms with van der Waals surface area (Å²) in [5.41, 5.74) is 0.914. The smallest absolute Gasteiger partial charge is 0.307 e. The quantitative estimate of drug-likeness (QED) is 0.538. The second-order valence-corrected chi connectivity index (χ2v) is 7.63. The van der Waals surface area contributed by atoms with Crippen LogP contribution in [0.3, 0.4) is 0 Å². The molecular weight excluding hydrogens is 380 g/mol. The molecule has 0 saturated carbocycles. The number of hydrogen-bond acceptors (Lipinski definition) is 6. The van der Waals surface area contributed by atoms with E-state index in [1.807, 2.05) is 42.3 Å². The Labute approximate surface area is 163 Å². The molecule has 140 valence electrons. The second kappa shape index (κ2) is 11.7. The van der Waals surface area contributed by atoms with Gasteiger partial charge in [0.25, 0.3) is 0 Å². The Morgan fingerprint density at radius 2 is 2.12 bits per heavy atom. The van der Waals surface area contributed by atoms with E-state index in [9.17, 15) is 9.59 Å². The maximum Gasteiger partial charge on any atom is 0.307 e. The lowest BCUT2D eigenvalue weighted by atomic mass is 10.0. The lowest BCUT2D eigenvalue weighted by Crippen LogP contribution is -2.42. The van der Waals surface area contributed by atoms with E-state index in [1.165, 1.54) is 7.11 Å². The molecule has 2 atom stereocenters. The molecular formula is C17H25ClN2O3S2. The van der Waals surface area contributed by atoms with Crippen molar-refractivity contribution in [3.05, 3.63) is 29.8 Å². The van der Waals surface area contributed by atoms with Gasteiger partial charge in [-0.3, -0.25) is 9.59 Å². The number of carbonyl (C=O) groups excluding carboxylic acids is 2. The maximum absolute atomic E-state index is 12.4. The van der Waals surface area contributed by atoms with E-state index in [2.05, 4.69) is 10.6 Å². The van der Waals surface area contributed by atoms with Gasteiger partial charge in [-0.15, -0.1) is 24.2 Å². The number of amides is 1. The number of nitrogens with one attached hydrogen (secondary N) is 2. The van der Waals surface area contributed by atoms with Gasteiger partial charge in [-0.2, -0.15) is 11.8 Å². The summed E-state index contributed by atoms with van der Waals surface area (Å²) >= 11 is 3.51. The Morgan fingerprint density at radius 3 is 2.68 bits per heavy atom. The summed E-state index contributed by atoms with van der Waals surface area (Å²) in [5, 5.41) is 6.34. The highest BCUT2D eigenvalue weighted by Gasteiger charge is 2.22. The molecule has 1 fully saturated rings. The number of methoxy groups -OCH3 is 1. The fourth-order valence-corrected chi connectivity index (χ4v) is 3.92. The third-order valence-electron chi connectivity index (χ3n) is 3.88. The first kappa shape index (κ1) is 22.2. The van der Waals surface area contributed by atoms with Crippen LogP contribution in [0.5, 0.6) is 0 Å². The van der Waals surface area contributed by atoms with Crippen LogP contribution in [0.2, 0.25) is 0 Å². The molecule has 0 aliphatic carbocycles. The van der Waals surface area contributed by atoms with Crippen molar-refractivity contribution >= 4 is 47.8 Å². The predicted molar refractivity (Wildman–Crippen MR) is 107 cm³/mol. The number of carbonyl (C=O) groups is 2. The zero-order chi connectivity index (χ0) is 17.4. The Kier molecular flexibility index (Phi) is 10.3. The van der Waals surface area contributed by atoms with Crippen LogP contribution >= 0.6 is 35.9 Å². The van der Waals surface area contributed by atoms with Crippen molar-refractivity contribution in [2.45, 2.75) is 29.8 Å². The number of ether oxygens (including phenoxy) is 1. The molecule has 1 aromatic rings. The van der Waals surface area contributed by atoms with Gasteiger partial charge in [-0.05, 0) is 24.0 Å². The molecule has 1 heterocycles. The van der Waals surface area contributed by atoms with Gasteiger partial charge in [0.05, 0.1) is 19.6 Å². The molecule has 1 amide bonds. The minimum Gasteiger partial charge on any atom is -0.469 e. The van der Waals surface area contributed by atoms with Crippen LogP contribution in [0, 0.1) is 0 Å². The lowest BCUT2D eigenvalue weighted by Gasteiger charge is -2.24. The molecule has 2 unspecified atom stereocenters. The zero-order valence-electron chi connectivity index (χ0n) is 14.4. The summed E-state index contributed by atoms with van der Waals surface area (Å²) in [6.45, 7) is 0.935. The van der Waals surface area contributed by atoms with Crippen molar-refractivity contribution in [3.8, 4) is 0 Å². The van der Waals surface area contributed by atoms with Crippen molar-refractivity contribution in [2.24, 2.45) is 0 Å². The van der Waals surface area contributed by atoms with Crippen molar-refractivity contribution in [3.63, 3.8) is 0 Å². The van der Waals surface area contributed by atoms with E-state index in [4.69, 9.17) is 4.74 Å². The minimum atomic E-state index is -0.364. The van der Waals surface area contributed by atoms with Gasteiger partial charge >= 0.3 is 5.97 Å². The summed E-state index contributed by atoms with van der Waals surface area (Å²) in [6.07, 6.45) is 2.57. The molecule has 1 aliphatic heterocycles. The van der Waals surface area contributed by atoms with Gasteiger partial charge in [0.15, 0.2) is 0 Å². The van der Waals surface area contributed by atoms with Crippen molar-refractivity contribution in [1.29, 1.82) is 0 Å². The fourth-order valence-electron chi connectivity index (χ4n) is 2.57. The molecule has 25 heavy (non-hydrogen) atoms. The van der Waals surface area contributed by atoms with Gasteiger partial charge in [0, 0.05) is 35.4 Å². The highest BCUT2D eigenvalue weighted by atomic mass is 35.5. The average Bonchev–Trinajstić information content (AvgIpc) is 2.62. The van der Waals surface area contributed by atoms with E-state index in [0.29, 0.717) is 6.42 Å². The number of hydrogen-bond donors (Lipinski definition) is 2. The van der Waals surface area contributed by atoms with E-state index in [0.717, 1.165) is 28.5 Å². The van der Waals surface area contributed by atoms with Gasteiger partial charge in [-0.25, -0.2) is 0 Å². The predicted octanol–water partition coefficient (Wildman–Crippen LogP) is 2.65. The topological polar surface area (TPSA) is 67.4 Å². The molecule has 5 nitrogen and oxygen atoms in total. The van der Waals surface area contributed by atoms with Crippen molar-refractivity contribution in [1.82, 2.24) is 10.6 Å². The van der Waals surface area contributed by atoms with Crippen LogP contribution in [-0.2, 0) is 14.3 Å². The van der Waals surface area contributed by atoms with Crippen LogP contribution in [-0.4, -0.2) is 49.3 Å². The molecule has 0 spiro atoms. The SMILES string of the molecule is COC(=O)CC(NC(=O)CC1CSCCN1)c1ccc(SC)cc1.Cl. The number of rotatable bonds is 7. The van der Waals surface area contributed by atoms with Gasteiger partial charge in [-0.1, -0.05) is 12.1 Å². The molecule has 2 rings (SSSR count). The number of halogens is 1. The maximum atomic E-state index is 12.4. The monoisotopic (exact) mass is 404 g/mol. The zero-order valence-corrected chi connectivity index (χ0v) is 16.9. The van der Waals surface area contributed by atoms with E-state index >= 15 is 0 Å². The molecule has 1 aliphatic rings. The molecule has 1 aromatic carbocycles. The van der Waals surface area contributed by atoms with Crippen LogP contribution in [0.15, 0.2) is 29.2 Å². The Bertz CT molecular complexity index is 551. The third kappa shape index (κ3) is 7.48. The molecule has 8 heteroatoms. The Morgan fingerprint density at radius 1 is 1.40 bits per heavy atom. The summed E-state index contributed by atoms with van der Waals surface area (Å²) in [4.78, 5) is 25.2. The fraction of sp³-hybridized carbons (Fsp3) is 0.529. The lowest BCUT2D eigenvalue weighted by molar-refractivity contribution is -0.141. The molecule has 2 N–H and O–H groups in total. The number of esters is 1. The standard InChI is InChI=1S/C17H24N2O3S2.ClH/c1-22-17(21)10-15(12-3-5-14(23-2)6-4-12)19-16(20)9-13-11-24-8-7-18-13;/h3-6,13,15,18H,7-11H2,1-2H3,(H,19,20);1H. The molecule has 0 aromatic heterocycles. The van der Waals surface area contributed by atoms with Gasteiger partial charge in [0.2, 0.25) is 5.91 Å². The largest absolute Gasteiger partial charge is 0.469 e. The van der Waals surface area contributed by atoms with E-state index in [-0.39, 0.29) is 42.8 Å². The van der Waals surface area contributed by atoms with Crippen molar-refractivity contribution < 1.29 is 14.3 Å².